The van der Waals surface area contributed by atoms with E-state index in [0.29, 0.717) is 12.2 Å². The second kappa shape index (κ2) is 6.02. The summed E-state index contributed by atoms with van der Waals surface area (Å²) in [5, 5.41) is 6.22. The molecule has 1 fully saturated rings. The lowest BCUT2D eigenvalue weighted by molar-refractivity contribution is 0.0866. The number of ether oxygens (including phenoxy) is 1. The van der Waals surface area contributed by atoms with Crippen LogP contribution in [0.2, 0.25) is 0 Å². The largest absolute Gasteiger partial charge is 0.385 e. The molecule has 1 amide bonds. The molecule has 2 rings (SSSR count). The first-order chi connectivity index (χ1) is 9.11. The van der Waals surface area contributed by atoms with E-state index < -0.39 is 0 Å². The Morgan fingerprint density at radius 1 is 1.58 bits per heavy atom. The Labute approximate surface area is 113 Å². The number of hydrogen-bond donors (Lipinski definition) is 2. The molecule has 0 radical (unpaired) electrons. The second-order valence-corrected chi connectivity index (χ2v) is 4.85. The van der Waals surface area contributed by atoms with E-state index in [1.54, 1.807) is 6.20 Å². The highest BCUT2D eigenvalue weighted by Crippen LogP contribution is 2.18. The Bertz CT molecular complexity index is 462. The van der Waals surface area contributed by atoms with Gasteiger partial charge >= 0.3 is 0 Å². The smallest absolute Gasteiger partial charge is 0.255 e. The third-order valence-electron chi connectivity index (χ3n) is 3.35. The Morgan fingerprint density at radius 2 is 2.37 bits per heavy atom. The lowest BCUT2D eigenvalue weighted by Gasteiger charge is -2.17. The molecule has 0 spiro atoms. The lowest BCUT2D eigenvalue weighted by Crippen LogP contribution is -2.39. The van der Waals surface area contributed by atoms with Crippen molar-refractivity contribution in [1.82, 2.24) is 10.3 Å². The Kier molecular flexibility index (Phi) is 4.37. The highest BCUT2D eigenvalue weighted by molar-refractivity contribution is 5.99. The Balaban J connectivity index is 2.13. The van der Waals surface area contributed by atoms with Gasteiger partial charge in [0.1, 0.15) is 0 Å². The van der Waals surface area contributed by atoms with Gasteiger partial charge in [0, 0.05) is 25.0 Å². The third-order valence-corrected chi connectivity index (χ3v) is 3.35. The van der Waals surface area contributed by atoms with E-state index in [1.807, 2.05) is 26.8 Å². The highest BCUT2D eigenvalue weighted by Gasteiger charge is 2.26. The van der Waals surface area contributed by atoms with Crippen molar-refractivity contribution < 1.29 is 9.53 Å². The number of pyridine rings is 1. The fraction of sp³-hybridized carbons (Fsp3) is 0.571. The van der Waals surface area contributed by atoms with E-state index in [9.17, 15) is 4.79 Å². The summed E-state index contributed by atoms with van der Waals surface area (Å²) in [5.74, 6) is -0.0919. The predicted molar refractivity (Wildman–Crippen MR) is 74.4 cm³/mol. The SMILES string of the molecule is CCNc1cc(C)ncc1C(=O)NC1CCOC1C. The van der Waals surface area contributed by atoms with Gasteiger partial charge < -0.3 is 15.4 Å². The minimum atomic E-state index is -0.0919. The van der Waals surface area contributed by atoms with Gasteiger partial charge in [0.2, 0.25) is 0 Å². The van der Waals surface area contributed by atoms with Gasteiger partial charge in [0.05, 0.1) is 23.4 Å². The van der Waals surface area contributed by atoms with E-state index >= 15 is 0 Å². The molecule has 2 atom stereocenters. The molecule has 5 heteroatoms. The molecule has 1 aliphatic heterocycles. The van der Waals surface area contributed by atoms with Crippen LogP contribution in [0.15, 0.2) is 12.3 Å². The van der Waals surface area contributed by atoms with Crippen LogP contribution in [0.1, 0.15) is 36.3 Å². The van der Waals surface area contributed by atoms with Gasteiger partial charge in [0.15, 0.2) is 0 Å². The zero-order valence-corrected chi connectivity index (χ0v) is 11.7. The highest BCUT2D eigenvalue weighted by atomic mass is 16.5. The summed E-state index contributed by atoms with van der Waals surface area (Å²) in [4.78, 5) is 16.5. The molecule has 5 nitrogen and oxygen atoms in total. The molecule has 2 unspecified atom stereocenters. The maximum absolute atomic E-state index is 12.3. The van der Waals surface area contributed by atoms with Crippen LogP contribution in [0.3, 0.4) is 0 Å². The number of nitrogens with one attached hydrogen (secondary N) is 2. The summed E-state index contributed by atoms with van der Waals surface area (Å²) in [7, 11) is 0. The number of anilines is 1. The lowest BCUT2D eigenvalue weighted by atomic mass is 10.1. The number of carbonyl (C=O) groups is 1. The number of nitrogens with zero attached hydrogens (tertiary/aromatic N) is 1. The van der Waals surface area contributed by atoms with E-state index in [0.717, 1.165) is 24.3 Å². The maximum atomic E-state index is 12.3. The molecular weight excluding hydrogens is 242 g/mol. The molecule has 2 N–H and O–H groups in total. The quantitative estimate of drug-likeness (QED) is 0.868. The van der Waals surface area contributed by atoms with Crippen LogP contribution in [0.5, 0.6) is 0 Å². The summed E-state index contributed by atoms with van der Waals surface area (Å²) >= 11 is 0. The van der Waals surface area contributed by atoms with Gasteiger partial charge in [-0.25, -0.2) is 0 Å². The fourth-order valence-corrected chi connectivity index (χ4v) is 2.24. The van der Waals surface area contributed by atoms with Crippen LogP contribution in [0.25, 0.3) is 0 Å². The molecule has 0 saturated carbocycles. The minimum absolute atomic E-state index is 0.0740. The van der Waals surface area contributed by atoms with Crippen LogP contribution in [-0.2, 0) is 4.74 Å². The van der Waals surface area contributed by atoms with Crippen molar-refractivity contribution in [3.63, 3.8) is 0 Å². The molecule has 0 aliphatic carbocycles. The van der Waals surface area contributed by atoms with Crippen LogP contribution in [0.4, 0.5) is 5.69 Å². The van der Waals surface area contributed by atoms with E-state index in [1.165, 1.54) is 0 Å². The molecule has 104 valence electrons. The summed E-state index contributed by atoms with van der Waals surface area (Å²) in [6, 6.07) is 1.98. The summed E-state index contributed by atoms with van der Waals surface area (Å²) in [6.07, 6.45) is 2.57. The van der Waals surface area contributed by atoms with Crippen LogP contribution >= 0.6 is 0 Å². The average Bonchev–Trinajstić information content (AvgIpc) is 2.75. The average molecular weight is 263 g/mol. The molecular formula is C14H21N3O2. The van der Waals surface area contributed by atoms with Crippen molar-refractivity contribution in [2.24, 2.45) is 0 Å². The summed E-state index contributed by atoms with van der Waals surface area (Å²) < 4.78 is 5.45. The van der Waals surface area contributed by atoms with Gasteiger partial charge in [-0.3, -0.25) is 9.78 Å². The molecule has 1 aliphatic rings. The summed E-state index contributed by atoms with van der Waals surface area (Å²) in [5.41, 5.74) is 2.32. The first-order valence-corrected chi connectivity index (χ1v) is 6.74. The maximum Gasteiger partial charge on any atom is 0.255 e. The summed E-state index contributed by atoms with van der Waals surface area (Å²) in [6.45, 7) is 7.38. The Hall–Kier alpha value is -1.62. The van der Waals surface area contributed by atoms with Gasteiger partial charge in [-0.05, 0) is 33.3 Å². The van der Waals surface area contributed by atoms with Crippen molar-refractivity contribution in [2.45, 2.75) is 39.3 Å². The van der Waals surface area contributed by atoms with Crippen molar-refractivity contribution in [2.75, 3.05) is 18.5 Å². The van der Waals surface area contributed by atoms with Crippen molar-refractivity contribution in [3.05, 3.63) is 23.5 Å². The van der Waals surface area contributed by atoms with Crippen molar-refractivity contribution >= 4 is 11.6 Å². The predicted octanol–water partition coefficient (Wildman–Crippen LogP) is 1.73. The first-order valence-electron chi connectivity index (χ1n) is 6.74. The van der Waals surface area contributed by atoms with Crippen LogP contribution < -0.4 is 10.6 Å². The number of aryl methyl sites for hydroxylation is 1. The zero-order chi connectivity index (χ0) is 13.8. The number of rotatable bonds is 4. The molecule has 0 aromatic carbocycles. The Morgan fingerprint density at radius 3 is 3.00 bits per heavy atom. The molecule has 1 aromatic heterocycles. The van der Waals surface area contributed by atoms with Crippen molar-refractivity contribution in [1.29, 1.82) is 0 Å². The standard InChI is InChI=1S/C14H21N3O2/c1-4-15-13-7-9(2)16-8-11(13)14(18)17-12-5-6-19-10(12)3/h7-8,10,12H,4-6H2,1-3H3,(H,15,16)(H,17,18). The number of carbonyl (C=O) groups excluding carboxylic acids is 1. The number of hydrogen-bond acceptors (Lipinski definition) is 4. The van der Waals surface area contributed by atoms with Crippen molar-refractivity contribution in [3.8, 4) is 0 Å². The number of amides is 1. The monoisotopic (exact) mass is 263 g/mol. The van der Waals surface area contributed by atoms with Gasteiger partial charge in [-0.2, -0.15) is 0 Å². The fourth-order valence-electron chi connectivity index (χ4n) is 2.24. The molecule has 1 saturated heterocycles. The van der Waals surface area contributed by atoms with E-state index in [-0.39, 0.29) is 18.1 Å². The third kappa shape index (κ3) is 3.23. The second-order valence-electron chi connectivity index (χ2n) is 4.85. The van der Waals surface area contributed by atoms with E-state index in [2.05, 4.69) is 15.6 Å². The van der Waals surface area contributed by atoms with Crippen LogP contribution in [-0.4, -0.2) is 36.2 Å². The molecule has 2 heterocycles. The van der Waals surface area contributed by atoms with Gasteiger partial charge in [-0.15, -0.1) is 0 Å². The normalized spacial score (nSPS) is 22.3. The van der Waals surface area contributed by atoms with Gasteiger partial charge in [0.25, 0.3) is 5.91 Å². The number of aromatic nitrogens is 1. The topological polar surface area (TPSA) is 63.2 Å². The molecule has 0 bridgehead atoms. The molecule has 1 aromatic rings. The van der Waals surface area contributed by atoms with Crippen LogP contribution in [0, 0.1) is 6.92 Å². The minimum Gasteiger partial charge on any atom is -0.385 e. The zero-order valence-electron chi connectivity index (χ0n) is 11.7. The molecule has 19 heavy (non-hydrogen) atoms. The van der Waals surface area contributed by atoms with E-state index in [4.69, 9.17) is 4.74 Å². The van der Waals surface area contributed by atoms with Gasteiger partial charge in [-0.1, -0.05) is 0 Å². The first kappa shape index (κ1) is 13.8.